The Morgan fingerprint density at radius 1 is 1.08 bits per heavy atom. The Balaban J connectivity index is 2.37. The molecule has 0 aliphatic carbocycles. The van der Waals surface area contributed by atoms with Crippen LogP contribution < -0.4 is 9.47 Å². The second kappa shape index (κ2) is 12.1. The number of carbonyl (C=O) groups is 2. The molecule has 1 heterocycles. The van der Waals surface area contributed by atoms with E-state index in [2.05, 4.69) is 23.8 Å². The number of esters is 1. The quantitative estimate of drug-likeness (QED) is 0.128. The van der Waals surface area contributed by atoms with Crippen LogP contribution in [0.4, 0.5) is 31.1 Å². The van der Waals surface area contributed by atoms with E-state index in [1.807, 2.05) is 0 Å². The average molecular weight is 563 g/mol. The Hall–Kier alpha value is -3.96. The van der Waals surface area contributed by atoms with Gasteiger partial charge in [0, 0.05) is 5.56 Å². The Kier molecular flexibility index (Phi) is 9.60. The van der Waals surface area contributed by atoms with Crippen molar-refractivity contribution in [2.24, 2.45) is 0 Å². The van der Waals surface area contributed by atoms with Crippen LogP contribution in [-0.4, -0.2) is 69.1 Å². The number of halogens is 6. The fourth-order valence-corrected chi connectivity index (χ4v) is 3.07. The van der Waals surface area contributed by atoms with Gasteiger partial charge < -0.3 is 33.3 Å². The lowest BCUT2D eigenvalue weighted by atomic mass is 9.95. The molecule has 2 rings (SSSR count). The van der Waals surface area contributed by atoms with Crippen molar-refractivity contribution in [3.63, 3.8) is 0 Å². The molecule has 0 fully saturated rings. The molecule has 0 aromatic heterocycles. The Morgan fingerprint density at radius 2 is 1.74 bits per heavy atom. The number of benzene rings is 1. The predicted octanol–water partition coefficient (Wildman–Crippen LogP) is 3.73. The molecule has 1 aromatic carbocycles. The molecule has 0 bridgehead atoms. The summed E-state index contributed by atoms with van der Waals surface area (Å²) < 4.78 is 108. The third-order valence-corrected chi connectivity index (χ3v) is 4.56. The topological polar surface area (TPSA) is 142 Å². The Labute approximate surface area is 209 Å². The number of ether oxygens (including phenoxy) is 6. The molecule has 12 nitrogen and oxygen atoms in total. The fraction of sp³-hybridized carbons (Fsp3) is 0.500. The van der Waals surface area contributed by atoms with Gasteiger partial charge >= 0.3 is 30.5 Å². The number of hydrogen-bond acceptors (Lipinski definition) is 11. The summed E-state index contributed by atoms with van der Waals surface area (Å²) in [6.45, 7) is -0.513. The van der Waals surface area contributed by atoms with Gasteiger partial charge in [-0.3, -0.25) is 0 Å². The summed E-state index contributed by atoms with van der Waals surface area (Å²) in [6, 6.07) is 1.44. The highest BCUT2D eigenvalue weighted by Crippen LogP contribution is 2.49. The summed E-state index contributed by atoms with van der Waals surface area (Å²) in [7, 11) is 0.707. The van der Waals surface area contributed by atoms with E-state index < -0.39 is 78.0 Å². The van der Waals surface area contributed by atoms with Gasteiger partial charge in [0.25, 0.3) is 5.09 Å². The van der Waals surface area contributed by atoms with E-state index in [9.17, 15) is 46.0 Å². The largest absolute Gasteiger partial charge is 0.573 e. The number of fused-ring (bicyclic) bond motifs is 1. The first-order valence-electron chi connectivity index (χ1n) is 10.3. The van der Waals surface area contributed by atoms with Crippen LogP contribution in [0, 0.1) is 10.1 Å². The predicted molar refractivity (Wildman–Crippen MR) is 108 cm³/mol. The van der Waals surface area contributed by atoms with Gasteiger partial charge in [-0.2, -0.15) is 13.2 Å². The van der Waals surface area contributed by atoms with Crippen molar-refractivity contribution in [3.8, 4) is 11.5 Å². The molecule has 18 heteroatoms. The molecule has 0 N–H and O–H groups in total. The molecule has 38 heavy (non-hydrogen) atoms. The van der Waals surface area contributed by atoms with Crippen LogP contribution in [-0.2, 0) is 35.0 Å². The lowest BCUT2D eigenvalue weighted by Crippen LogP contribution is -2.58. The number of methoxy groups -OCH3 is 1. The van der Waals surface area contributed by atoms with Gasteiger partial charge in [-0.1, -0.05) is 6.92 Å². The minimum atomic E-state index is -5.63. The first-order chi connectivity index (χ1) is 17.6. The molecule has 0 amide bonds. The van der Waals surface area contributed by atoms with E-state index in [0.29, 0.717) is 19.3 Å². The molecule has 0 saturated carbocycles. The molecule has 0 unspecified atom stereocenters. The monoisotopic (exact) mass is 563 g/mol. The molecule has 1 aliphatic heterocycles. The minimum Gasteiger partial charge on any atom is -0.465 e. The van der Waals surface area contributed by atoms with Gasteiger partial charge in [0.15, 0.2) is 0 Å². The molecule has 1 aromatic rings. The minimum absolute atomic E-state index is 0.158. The Bertz CT molecular complexity index is 1070. The molecule has 0 spiro atoms. The number of hydrogen-bond donors (Lipinski definition) is 0. The Morgan fingerprint density at radius 3 is 2.29 bits per heavy atom. The lowest BCUT2D eigenvalue weighted by Gasteiger charge is -2.38. The van der Waals surface area contributed by atoms with E-state index in [-0.39, 0.29) is 18.6 Å². The summed E-state index contributed by atoms with van der Waals surface area (Å²) >= 11 is 0. The molecule has 0 saturated heterocycles. The van der Waals surface area contributed by atoms with Crippen LogP contribution in [0.5, 0.6) is 11.5 Å². The number of aryl methyl sites for hydroxylation is 1. The van der Waals surface area contributed by atoms with Crippen molar-refractivity contribution in [1.29, 1.82) is 0 Å². The van der Waals surface area contributed by atoms with Gasteiger partial charge in [-0.25, -0.2) is 9.59 Å². The second-order valence-electron chi connectivity index (χ2n) is 7.04. The maximum absolute atomic E-state index is 14.4. The standard InChI is InChI=1S/C20H19F6NO11/c1-3-11-8-13(36-20(24,25)26)9-12-10-14(16(28)32-2)18(19(21,22)23,37-15(11)12)38-17(29)34-6-4-33-5-7-35-27(30)31/h8-10H,3-7H2,1-2H3/t18-/m1/s1. The lowest BCUT2D eigenvalue weighted by molar-refractivity contribution is -0.758. The summed E-state index contributed by atoms with van der Waals surface area (Å²) in [5.74, 6) is -7.24. The van der Waals surface area contributed by atoms with Crippen LogP contribution in [0.1, 0.15) is 18.1 Å². The summed E-state index contributed by atoms with van der Waals surface area (Å²) in [6.07, 6.45) is -12.4. The number of carbonyl (C=O) groups excluding carboxylic acids is 2. The van der Waals surface area contributed by atoms with Gasteiger partial charge in [0.1, 0.15) is 30.3 Å². The molecule has 212 valence electrons. The van der Waals surface area contributed by atoms with E-state index >= 15 is 0 Å². The van der Waals surface area contributed by atoms with Crippen LogP contribution in [0.15, 0.2) is 17.7 Å². The average Bonchev–Trinajstić information content (AvgIpc) is 2.80. The van der Waals surface area contributed by atoms with Crippen molar-refractivity contribution in [3.05, 3.63) is 38.9 Å². The van der Waals surface area contributed by atoms with Crippen molar-refractivity contribution in [1.82, 2.24) is 0 Å². The maximum atomic E-state index is 14.4. The zero-order chi connectivity index (χ0) is 28.7. The van der Waals surface area contributed by atoms with Crippen LogP contribution in [0.2, 0.25) is 0 Å². The van der Waals surface area contributed by atoms with Gasteiger partial charge in [0.05, 0.1) is 20.3 Å². The van der Waals surface area contributed by atoms with Crippen molar-refractivity contribution < 1.29 is 74.3 Å². The molecule has 1 aliphatic rings. The van der Waals surface area contributed by atoms with Gasteiger partial charge in [-0.15, -0.1) is 23.3 Å². The second-order valence-corrected chi connectivity index (χ2v) is 7.04. The summed E-state index contributed by atoms with van der Waals surface area (Å²) in [4.78, 5) is 38.4. The SMILES string of the molecule is CCc1cc(OC(F)(F)F)cc2c1O[C@](OC(=O)OCCOCCO[N+](=O)[O-])(C(F)(F)F)C(C(=O)OC)=C2. The highest BCUT2D eigenvalue weighted by atomic mass is 19.4. The zero-order valence-electron chi connectivity index (χ0n) is 19.5. The highest BCUT2D eigenvalue weighted by Gasteiger charge is 2.68. The van der Waals surface area contributed by atoms with Gasteiger partial charge in [0.2, 0.25) is 0 Å². The van der Waals surface area contributed by atoms with Crippen molar-refractivity contribution >= 4 is 18.2 Å². The maximum Gasteiger partial charge on any atom is 0.573 e. The smallest absolute Gasteiger partial charge is 0.465 e. The van der Waals surface area contributed by atoms with Gasteiger partial charge in [-0.05, 0) is 30.2 Å². The van der Waals surface area contributed by atoms with E-state index in [1.165, 1.54) is 6.92 Å². The van der Waals surface area contributed by atoms with Crippen LogP contribution >= 0.6 is 0 Å². The summed E-state index contributed by atoms with van der Waals surface area (Å²) in [5.41, 5.74) is -2.07. The van der Waals surface area contributed by atoms with Crippen molar-refractivity contribution in [2.75, 3.05) is 33.5 Å². The number of alkyl halides is 6. The van der Waals surface area contributed by atoms with E-state index in [1.54, 1.807) is 0 Å². The zero-order valence-corrected chi connectivity index (χ0v) is 19.5. The molecular weight excluding hydrogens is 544 g/mol. The molecule has 1 atom stereocenters. The molecule has 0 radical (unpaired) electrons. The highest BCUT2D eigenvalue weighted by molar-refractivity contribution is 5.97. The number of nitrogens with zero attached hydrogens (tertiary/aromatic N) is 1. The van der Waals surface area contributed by atoms with E-state index in [4.69, 9.17) is 9.47 Å². The third-order valence-electron chi connectivity index (χ3n) is 4.56. The van der Waals surface area contributed by atoms with Crippen LogP contribution in [0.3, 0.4) is 0 Å². The van der Waals surface area contributed by atoms with E-state index in [0.717, 1.165) is 6.07 Å². The molecular formula is C20H19F6NO11. The normalized spacial score (nSPS) is 16.9. The van der Waals surface area contributed by atoms with Crippen molar-refractivity contribution in [2.45, 2.75) is 31.7 Å². The first kappa shape index (κ1) is 30.3. The summed E-state index contributed by atoms with van der Waals surface area (Å²) in [5, 5.41) is 8.93. The number of rotatable bonds is 11. The first-order valence-corrected chi connectivity index (χ1v) is 10.3. The van der Waals surface area contributed by atoms with Crippen LogP contribution in [0.25, 0.3) is 6.08 Å². The fourth-order valence-electron chi connectivity index (χ4n) is 3.07. The third kappa shape index (κ3) is 7.53.